The highest BCUT2D eigenvalue weighted by Crippen LogP contribution is 1.94. The maximum Gasteiger partial charge on any atom is 0.115 e. The van der Waals surface area contributed by atoms with E-state index in [4.69, 9.17) is 4.74 Å². The minimum Gasteiger partial charge on any atom is -0.504 e. The van der Waals surface area contributed by atoms with Crippen LogP contribution in [0.4, 0.5) is 0 Å². The van der Waals surface area contributed by atoms with Crippen molar-refractivity contribution in [1.29, 1.82) is 0 Å². The monoisotopic (exact) mass is 136 g/mol. The van der Waals surface area contributed by atoms with E-state index in [9.17, 15) is 0 Å². The van der Waals surface area contributed by atoms with Crippen LogP contribution in [-0.4, -0.2) is 17.1 Å². The molecule has 0 aromatic carbocycles. The molecule has 1 aromatic heterocycles. The maximum atomic E-state index is 4.71. The van der Waals surface area contributed by atoms with Gasteiger partial charge in [0.1, 0.15) is 6.33 Å². The lowest BCUT2D eigenvalue weighted by Crippen LogP contribution is -1.77. The van der Waals surface area contributed by atoms with E-state index in [0.29, 0.717) is 0 Å². The van der Waals surface area contributed by atoms with Crippen LogP contribution in [0.5, 0.6) is 0 Å². The first-order chi connectivity index (χ1) is 4.93. The molecule has 1 rings (SSSR count). The summed E-state index contributed by atoms with van der Waals surface area (Å²) in [5.41, 5.74) is 0.935. The smallest absolute Gasteiger partial charge is 0.115 e. The van der Waals surface area contributed by atoms with Gasteiger partial charge in [-0.1, -0.05) is 0 Å². The molecular formula is C7H8N2O. The van der Waals surface area contributed by atoms with E-state index in [1.165, 1.54) is 6.33 Å². The van der Waals surface area contributed by atoms with Gasteiger partial charge >= 0.3 is 0 Å². The van der Waals surface area contributed by atoms with Crippen molar-refractivity contribution in [2.75, 3.05) is 7.11 Å². The van der Waals surface area contributed by atoms with Crippen LogP contribution in [0.2, 0.25) is 0 Å². The normalized spacial score (nSPS) is 10.1. The first-order valence-corrected chi connectivity index (χ1v) is 2.88. The summed E-state index contributed by atoms with van der Waals surface area (Å²) in [6, 6.07) is 0. The number of aromatic nitrogens is 2. The molecule has 52 valence electrons. The largest absolute Gasteiger partial charge is 0.504 e. The molecule has 0 saturated heterocycles. The molecule has 1 heterocycles. The predicted molar refractivity (Wildman–Crippen MR) is 38.1 cm³/mol. The van der Waals surface area contributed by atoms with E-state index in [1.807, 2.05) is 0 Å². The van der Waals surface area contributed by atoms with Gasteiger partial charge in [0.25, 0.3) is 0 Å². The van der Waals surface area contributed by atoms with Gasteiger partial charge < -0.3 is 4.74 Å². The van der Waals surface area contributed by atoms with Crippen molar-refractivity contribution in [3.8, 4) is 0 Å². The van der Waals surface area contributed by atoms with Gasteiger partial charge in [-0.05, 0) is 6.08 Å². The third kappa shape index (κ3) is 1.85. The molecule has 0 radical (unpaired) electrons. The molecule has 0 aliphatic carbocycles. The Kier molecular flexibility index (Phi) is 2.43. The van der Waals surface area contributed by atoms with Gasteiger partial charge in [-0.15, -0.1) is 0 Å². The third-order valence-electron chi connectivity index (χ3n) is 0.977. The standard InChI is InChI=1S/C7H8N2O/c1-10-3-2-7-4-8-6-9-5-7/h2-6H,1H3/b3-2+. The zero-order chi connectivity index (χ0) is 7.23. The van der Waals surface area contributed by atoms with Crippen LogP contribution >= 0.6 is 0 Å². The van der Waals surface area contributed by atoms with Gasteiger partial charge in [-0.3, -0.25) is 0 Å². The molecule has 0 unspecified atom stereocenters. The van der Waals surface area contributed by atoms with Crippen LogP contribution in [0.15, 0.2) is 25.0 Å². The summed E-state index contributed by atoms with van der Waals surface area (Å²) >= 11 is 0. The zero-order valence-corrected chi connectivity index (χ0v) is 5.69. The SMILES string of the molecule is CO/C=C/c1cncnc1. The van der Waals surface area contributed by atoms with Crippen LogP contribution in [0, 0.1) is 0 Å². The second-order valence-corrected chi connectivity index (χ2v) is 1.71. The van der Waals surface area contributed by atoms with Crippen molar-refractivity contribution in [2.24, 2.45) is 0 Å². The lowest BCUT2D eigenvalue weighted by atomic mass is 10.3. The van der Waals surface area contributed by atoms with E-state index >= 15 is 0 Å². The van der Waals surface area contributed by atoms with E-state index in [0.717, 1.165) is 5.56 Å². The van der Waals surface area contributed by atoms with E-state index in [2.05, 4.69) is 9.97 Å². The summed E-state index contributed by atoms with van der Waals surface area (Å²) < 4.78 is 4.71. The lowest BCUT2D eigenvalue weighted by Gasteiger charge is -1.88. The van der Waals surface area contributed by atoms with Gasteiger partial charge in [0.15, 0.2) is 0 Å². The lowest BCUT2D eigenvalue weighted by molar-refractivity contribution is 0.341. The van der Waals surface area contributed by atoms with Crippen LogP contribution in [-0.2, 0) is 4.74 Å². The molecule has 0 spiro atoms. The number of ether oxygens (including phenoxy) is 1. The molecule has 10 heavy (non-hydrogen) atoms. The second kappa shape index (κ2) is 3.61. The fourth-order valence-electron chi connectivity index (χ4n) is 0.543. The van der Waals surface area contributed by atoms with Gasteiger partial charge in [0, 0.05) is 18.0 Å². The van der Waals surface area contributed by atoms with Crippen molar-refractivity contribution in [1.82, 2.24) is 9.97 Å². The fourth-order valence-corrected chi connectivity index (χ4v) is 0.543. The Bertz CT molecular complexity index is 208. The van der Waals surface area contributed by atoms with Crippen molar-refractivity contribution in [3.05, 3.63) is 30.5 Å². The number of hydrogen-bond donors (Lipinski definition) is 0. The summed E-state index contributed by atoms with van der Waals surface area (Å²) in [5.74, 6) is 0. The number of methoxy groups -OCH3 is 1. The van der Waals surface area contributed by atoms with Gasteiger partial charge in [-0.25, -0.2) is 9.97 Å². The Morgan fingerprint density at radius 3 is 2.70 bits per heavy atom. The molecule has 0 fully saturated rings. The molecule has 3 nitrogen and oxygen atoms in total. The van der Waals surface area contributed by atoms with Crippen LogP contribution in [0.25, 0.3) is 6.08 Å². The highest BCUT2D eigenvalue weighted by molar-refractivity contribution is 5.44. The summed E-state index contributed by atoms with van der Waals surface area (Å²) in [7, 11) is 1.60. The Morgan fingerprint density at radius 2 is 2.10 bits per heavy atom. The van der Waals surface area contributed by atoms with Crippen LogP contribution in [0.1, 0.15) is 5.56 Å². The summed E-state index contributed by atoms with van der Waals surface area (Å²) in [6.45, 7) is 0. The Hall–Kier alpha value is -1.38. The topological polar surface area (TPSA) is 35.0 Å². The second-order valence-electron chi connectivity index (χ2n) is 1.71. The molecule has 0 amide bonds. The third-order valence-corrected chi connectivity index (χ3v) is 0.977. The Morgan fingerprint density at radius 1 is 1.40 bits per heavy atom. The van der Waals surface area contributed by atoms with Crippen molar-refractivity contribution in [3.63, 3.8) is 0 Å². The first kappa shape index (κ1) is 6.74. The predicted octanol–water partition coefficient (Wildman–Crippen LogP) is 1.09. The molecular weight excluding hydrogens is 128 g/mol. The molecule has 0 saturated carbocycles. The minimum absolute atomic E-state index is 0.935. The molecule has 3 heteroatoms. The van der Waals surface area contributed by atoms with Crippen LogP contribution < -0.4 is 0 Å². The fraction of sp³-hybridized carbons (Fsp3) is 0.143. The summed E-state index contributed by atoms with van der Waals surface area (Å²) in [4.78, 5) is 7.64. The Labute approximate surface area is 59.4 Å². The average Bonchev–Trinajstić information content (AvgIpc) is 2.03. The van der Waals surface area contributed by atoms with Gasteiger partial charge in [0.2, 0.25) is 0 Å². The van der Waals surface area contributed by atoms with Gasteiger partial charge in [-0.2, -0.15) is 0 Å². The molecule has 0 aliphatic rings. The zero-order valence-electron chi connectivity index (χ0n) is 5.69. The van der Waals surface area contributed by atoms with Crippen LogP contribution in [0.3, 0.4) is 0 Å². The molecule has 1 aromatic rings. The number of hydrogen-bond acceptors (Lipinski definition) is 3. The Balaban J connectivity index is 2.67. The maximum absolute atomic E-state index is 4.71. The highest BCUT2D eigenvalue weighted by atomic mass is 16.5. The number of rotatable bonds is 2. The number of nitrogens with zero attached hydrogens (tertiary/aromatic N) is 2. The van der Waals surface area contributed by atoms with E-state index in [1.54, 1.807) is 31.8 Å². The average molecular weight is 136 g/mol. The minimum atomic E-state index is 0.935. The molecule has 0 atom stereocenters. The van der Waals surface area contributed by atoms with Gasteiger partial charge in [0.05, 0.1) is 13.4 Å². The van der Waals surface area contributed by atoms with Crippen molar-refractivity contribution >= 4 is 6.08 Å². The molecule has 0 N–H and O–H groups in total. The quantitative estimate of drug-likeness (QED) is 0.571. The molecule has 0 bridgehead atoms. The summed E-state index contributed by atoms with van der Waals surface area (Å²) in [6.07, 6.45) is 8.29. The first-order valence-electron chi connectivity index (χ1n) is 2.88. The molecule has 0 aliphatic heterocycles. The highest BCUT2D eigenvalue weighted by Gasteiger charge is 1.81. The van der Waals surface area contributed by atoms with Crippen molar-refractivity contribution < 1.29 is 4.74 Å². The summed E-state index contributed by atoms with van der Waals surface area (Å²) in [5, 5.41) is 0. The van der Waals surface area contributed by atoms with Crippen molar-refractivity contribution in [2.45, 2.75) is 0 Å². The van der Waals surface area contributed by atoms with E-state index < -0.39 is 0 Å². The van der Waals surface area contributed by atoms with E-state index in [-0.39, 0.29) is 0 Å².